The second kappa shape index (κ2) is 15.3. The molecule has 2 N–H and O–H groups in total. The van der Waals surface area contributed by atoms with E-state index in [0.717, 1.165) is 33.1 Å². The van der Waals surface area contributed by atoms with Crippen molar-refractivity contribution in [3.63, 3.8) is 0 Å². The molecule has 1 aliphatic rings. The zero-order valence-corrected chi connectivity index (χ0v) is 29.1. The van der Waals surface area contributed by atoms with E-state index in [1.807, 2.05) is 42.5 Å². The molecule has 5 aromatic rings. The van der Waals surface area contributed by atoms with Crippen LogP contribution in [0.3, 0.4) is 0 Å². The van der Waals surface area contributed by atoms with Crippen molar-refractivity contribution in [2.75, 3.05) is 31.3 Å². The van der Waals surface area contributed by atoms with Gasteiger partial charge in [-0.3, -0.25) is 0 Å². The smallest absolute Gasteiger partial charge is 0.196 e. The third-order valence-electron chi connectivity index (χ3n) is 8.21. The fraction of sp³-hybridized carbons (Fsp3) is 0.250. The molecule has 0 spiro atoms. The maximum absolute atomic E-state index is 13.6. The fourth-order valence-corrected chi connectivity index (χ4v) is 7.30. The van der Waals surface area contributed by atoms with Crippen LogP contribution >= 0.6 is 15.9 Å². The van der Waals surface area contributed by atoms with Gasteiger partial charge in [-0.15, -0.1) is 0 Å². The molecule has 0 radical (unpaired) electrons. The van der Waals surface area contributed by atoms with Crippen molar-refractivity contribution in [3.8, 4) is 11.5 Å². The first-order chi connectivity index (χ1) is 23.8. The van der Waals surface area contributed by atoms with Crippen LogP contribution in [-0.4, -0.2) is 49.3 Å². The van der Waals surface area contributed by atoms with Crippen LogP contribution in [0.5, 0.6) is 11.5 Å². The molecule has 13 heteroatoms. The average Bonchev–Trinajstić information content (AvgIpc) is 3.59. The number of fused-ring (bicyclic) bond motifs is 1. The van der Waals surface area contributed by atoms with Crippen molar-refractivity contribution in [2.24, 2.45) is 0 Å². The van der Waals surface area contributed by atoms with Crippen molar-refractivity contribution < 1.29 is 27.0 Å². The number of ether oxygens (including phenoxy) is 3. The van der Waals surface area contributed by atoms with E-state index in [9.17, 15) is 12.8 Å². The van der Waals surface area contributed by atoms with Crippen LogP contribution in [-0.2, 0) is 26.8 Å². The Morgan fingerprint density at radius 1 is 1.02 bits per heavy atom. The molecule has 3 aromatic carbocycles. The summed E-state index contributed by atoms with van der Waals surface area (Å²) in [6, 6.07) is 20.6. The van der Waals surface area contributed by atoms with Crippen LogP contribution in [0.4, 0.5) is 15.9 Å². The van der Waals surface area contributed by atoms with Gasteiger partial charge in [-0.1, -0.05) is 18.2 Å². The molecule has 0 bridgehead atoms. The van der Waals surface area contributed by atoms with Crippen LogP contribution in [0.25, 0.3) is 10.9 Å². The summed E-state index contributed by atoms with van der Waals surface area (Å²) < 4.78 is 57.5. The third kappa shape index (κ3) is 8.18. The number of sulfone groups is 1. The largest absolute Gasteiger partial charge is 0.496 e. The van der Waals surface area contributed by atoms with Crippen molar-refractivity contribution in [2.45, 2.75) is 36.5 Å². The minimum atomic E-state index is -3.46. The molecule has 0 saturated carbocycles. The van der Waals surface area contributed by atoms with E-state index in [0.29, 0.717) is 48.8 Å². The number of anilines is 2. The Morgan fingerprint density at radius 3 is 2.67 bits per heavy atom. The first-order valence-corrected chi connectivity index (χ1v) is 18.2. The monoisotopic (exact) mass is 747 g/mol. The Morgan fingerprint density at radius 2 is 1.92 bits per heavy atom. The zero-order valence-electron chi connectivity index (χ0n) is 26.7. The lowest BCUT2D eigenvalue weighted by Gasteiger charge is -2.31. The van der Waals surface area contributed by atoms with E-state index in [-0.39, 0.29) is 23.2 Å². The molecule has 0 fully saturated rings. The lowest BCUT2D eigenvalue weighted by atomic mass is 9.85. The molecular formula is C36H35BrFN5O5S. The van der Waals surface area contributed by atoms with Crippen LogP contribution in [0, 0.1) is 5.82 Å². The molecule has 49 heavy (non-hydrogen) atoms. The van der Waals surface area contributed by atoms with Gasteiger partial charge in [-0.2, -0.15) is 0 Å². The molecule has 3 heterocycles. The summed E-state index contributed by atoms with van der Waals surface area (Å²) in [5, 5.41) is 7.54. The van der Waals surface area contributed by atoms with Gasteiger partial charge in [0, 0.05) is 40.7 Å². The Hall–Kier alpha value is -4.59. The lowest BCUT2D eigenvalue weighted by molar-refractivity contribution is 0.0284. The number of nitrogens with one attached hydrogen (secondary N) is 2. The molecule has 0 saturated heterocycles. The number of hydrogen-bond donors (Lipinski definition) is 2. The Balaban J connectivity index is 1.16. The molecule has 1 aliphatic heterocycles. The maximum atomic E-state index is 13.6. The van der Waals surface area contributed by atoms with E-state index in [1.165, 1.54) is 30.7 Å². The highest BCUT2D eigenvalue weighted by atomic mass is 79.9. The van der Waals surface area contributed by atoms with E-state index in [4.69, 9.17) is 14.2 Å². The standard InChI is InChI=1S/C36H35BrFN5O5S/c1-46-33-22-32-28(35(42-24-41-32)43-31-11-10-27(20-30(31)37)47-23-25-7-4-8-26(38)19-25)21-29(33)36(13-6-17-48-36)12-5-14-39-16-18-49(44,45)34-9-2-3-15-40-34/h2-4,6-11,15,17,19-22,24,39H,5,12-14,16,18,23H2,1H3,(H,41,42,43). The van der Waals surface area contributed by atoms with Crippen LogP contribution in [0.2, 0.25) is 0 Å². The van der Waals surface area contributed by atoms with Gasteiger partial charge in [-0.25, -0.2) is 27.8 Å². The van der Waals surface area contributed by atoms with Gasteiger partial charge in [0.1, 0.15) is 41.7 Å². The fourth-order valence-electron chi connectivity index (χ4n) is 5.72. The highest BCUT2D eigenvalue weighted by molar-refractivity contribution is 9.10. The second-order valence-electron chi connectivity index (χ2n) is 11.5. The van der Waals surface area contributed by atoms with Crippen molar-refractivity contribution in [1.29, 1.82) is 0 Å². The zero-order chi connectivity index (χ0) is 34.3. The molecule has 1 atom stereocenters. The number of nitrogens with zero attached hydrogens (tertiary/aromatic N) is 3. The SMILES string of the molecule is COc1cc2ncnc(Nc3ccc(OCc4cccc(F)c4)cc3Br)c2cc1C1(CCCNCCS(=O)(=O)c2ccccn2)CC=CO1. The number of hydrogen-bond acceptors (Lipinski definition) is 10. The summed E-state index contributed by atoms with van der Waals surface area (Å²) in [5.41, 5.74) is 2.37. The Bertz CT molecular complexity index is 2060. The van der Waals surface area contributed by atoms with Gasteiger partial charge < -0.3 is 24.8 Å². The van der Waals surface area contributed by atoms with E-state index >= 15 is 0 Å². The highest BCUT2D eigenvalue weighted by Crippen LogP contribution is 2.45. The quantitative estimate of drug-likeness (QED) is 0.106. The van der Waals surface area contributed by atoms with Gasteiger partial charge in [0.25, 0.3) is 0 Å². The maximum Gasteiger partial charge on any atom is 0.196 e. The lowest BCUT2D eigenvalue weighted by Crippen LogP contribution is -2.29. The minimum Gasteiger partial charge on any atom is -0.496 e. The summed E-state index contributed by atoms with van der Waals surface area (Å²) in [4.78, 5) is 13.0. The molecule has 0 amide bonds. The van der Waals surface area contributed by atoms with Gasteiger partial charge in [0.2, 0.25) is 0 Å². The van der Waals surface area contributed by atoms with Gasteiger partial charge in [-0.05, 0) is 95.5 Å². The molecule has 2 aromatic heterocycles. The van der Waals surface area contributed by atoms with Gasteiger partial charge in [0.05, 0.1) is 30.3 Å². The van der Waals surface area contributed by atoms with Gasteiger partial charge in [0.15, 0.2) is 14.9 Å². The molecule has 254 valence electrons. The van der Waals surface area contributed by atoms with Crippen molar-refractivity contribution in [1.82, 2.24) is 20.3 Å². The van der Waals surface area contributed by atoms with Gasteiger partial charge >= 0.3 is 0 Å². The third-order valence-corrected chi connectivity index (χ3v) is 10.5. The molecule has 0 aliphatic carbocycles. The summed E-state index contributed by atoms with van der Waals surface area (Å²) in [6.07, 6.45) is 8.70. The predicted octanol–water partition coefficient (Wildman–Crippen LogP) is 7.23. The molecular weight excluding hydrogens is 713 g/mol. The number of halogens is 2. The number of methoxy groups -OCH3 is 1. The van der Waals surface area contributed by atoms with E-state index in [1.54, 1.807) is 31.6 Å². The first-order valence-electron chi connectivity index (χ1n) is 15.7. The summed E-state index contributed by atoms with van der Waals surface area (Å²) in [5.74, 6) is 1.53. The van der Waals surface area contributed by atoms with Crippen LogP contribution in [0.15, 0.2) is 107 Å². The van der Waals surface area contributed by atoms with Crippen LogP contribution < -0.4 is 20.1 Å². The topological polar surface area (TPSA) is 125 Å². The second-order valence-corrected chi connectivity index (χ2v) is 14.4. The number of rotatable bonds is 15. The Labute approximate surface area is 292 Å². The van der Waals surface area contributed by atoms with Crippen molar-refractivity contribution >= 4 is 48.2 Å². The minimum absolute atomic E-state index is 0.0394. The Kier molecular flexibility index (Phi) is 10.7. The first kappa shape index (κ1) is 34.3. The predicted molar refractivity (Wildman–Crippen MR) is 189 cm³/mol. The normalized spacial score (nSPS) is 15.7. The number of aromatic nitrogens is 3. The van der Waals surface area contributed by atoms with Crippen LogP contribution in [0.1, 0.15) is 30.4 Å². The number of benzene rings is 3. The summed E-state index contributed by atoms with van der Waals surface area (Å²) in [7, 11) is -1.83. The van der Waals surface area contributed by atoms with E-state index in [2.05, 4.69) is 41.5 Å². The van der Waals surface area contributed by atoms with E-state index < -0.39 is 15.4 Å². The molecule has 10 nitrogen and oxygen atoms in total. The summed E-state index contributed by atoms with van der Waals surface area (Å²) in [6.45, 7) is 1.15. The molecule has 6 rings (SSSR count). The average molecular weight is 749 g/mol. The molecule has 1 unspecified atom stereocenters. The highest BCUT2D eigenvalue weighted by Gasteiger charge is 2.38. The summed E-state index contributed by atoms with van der Waals surface area (Å²) >= 11 is 3.64. The van der Waals surface area contributed by atoms with Crippen molar-refractivity contribution in [3.05, 3.63) is 119 Å². The number of pyridine rings is 1.